The zero-order valence-electron chi connectivity index (χ0n) is 30.4. The number of hydrogen-bond acceptors (Lipinski definition) is 5. The second kappa shape index (κ2) is 12.6. The molecule has 12 aromatic rings. The number of rotatable bonds is 5. The molecule has 266 valence electrons. The molecular weight excluding hydrogens is 717 g/mol. The monoisotopic (exact) mass is 746 g/mol. The molecule has 0 spiro atoms. The van der Waals surface area contributed by atoms with E-state index in [0.717, 1.165) is 66.2 Å². The Hall–Kier alpha value is -7.41. The molecule has 0 amide bonds. The van der Waals surface area contributed by atoms with Gasteiger partial charge in [-0.25, -0.2) is 15.0 Å². The first-order valence-electron chi connectivity index (χ1n) is 19.0. The van der Waals surface area contributed by atoms with E-state index >= 15 is 0 Å². The molecule has 4 aromatic heterocycles. The van der Waals surface area contributed by atoms with Crippen molar-refractivity contribution >= 4 is 75.3 Å². The van der Waals surface area contributed by atoms with E-state index in [1.165, 1.54) is 31.2 Å². The van der Waals surface area contributed by atoms with E-state index in [9.17, 15) is 0 Å². The van der Waals surface area contributed by atoms with Crippen molar-refractivity contribution in [3.8, 4) is 51.0 Å². The molecule has 0 aliphatic heterocycles. The van der Waals surface area contributed by atoms with Gasteiger partial charge < -0.3 is 8.98 Å². The second-order valence-electron chi connectivity index (χ2n) is 14.3. The van der Waals surface area contributed by atoms with E-state index < -0.39 is 0 Å². The minimum atomic E-state index is 0.647. The fourth-order valence-corrected chi connectivity index (χ4v) is 9.84. The first-order valence-corrected chi connectivity index (χ1v) is 19.8. The minimum Gasteiger partial charge on any atom is -0.455 e. The van der Waals surface area contributed by atoms with Gasteiger partial charge in [0.15, 0.2) is 17.5 Å². The highest BCUT2D eigenvalue weighted by atomic mass is 32.1. The summed E-state index contributed by atoms with van der Waals surface area (Å²) < 4.78 is 11.6. The SMILES string of the molecule is c1ccc(-c2nc(-c3ccccc3)nc(-c3cccc4sc5c(-c6cccc7c6oc6cccc(-n8c9ccccc9c9ccccc98)c67)cccc5c34)n2)cc1. The summed E-state index contributed by atoms with van der Waals surface area (Å²) >= 11 is 1.80. The van der Waals surface area contributed by atoms with Crippen molar-refractivity contribution in [3.05, 3.63) is 182 Å². The molecule has 0 aliphatic carbocycles. The molecule has 0 bridgehead atoms. The number of furan rings is 1. The lowest BCUT2D eigenvalue weighted by Gasteiger charge is -2.10. The van der Waals surface area contributed by atoms with E-state index in [1.807, 2.05) is 60.7 Å². The highest BCUT2D eigenvalue weighted by Crippen LogP contribution is 2.47. The highest BCUT2D eigenvalue weighted by Gasteiger charge is 2.22. The van der Waals surface area contributed by atoms with Crippen LogP contribution in [-0.2, 0) is 0 Å². The van der Waals surface area contributed by atoms with Crippen LogP contribution in [0.4, 0.5) is 0 Å². The Bertz CT molecular complexity index is 3420. The molecule has 0 fully saturated rings. The number of aromatic nitrogens is 4. The number of thiophene rings is 1. The Morgan fingerprint density at radius 2 is 0.947 bits per heavy atom. The van der Waals surface area contributed by atoms with Crippen molar-refractivity contribution in [2.75, 3.05) is 0 Å². The molecule has 12 rings (SSSR count). The van der Waals surface area contributed by atoms with Crippen molar-refractivity contribution in [2.24, 2.45) is 0 Å². The third-order valence-electron chi connectivity index (χ3n) is 11.1. The largest absolute Gasteiger partial charge is 0.455 e. The molecule has 5 nitrogen and oxygen atoms in total. The molecule has 6 heteroatoms. The maximum Gasteiger partial charge on any atom is 0.164 e. The van der Waals surface area contributed by atoms with E-state index in [0.29, 0.717) is 17.5 Å². The maximum atomic E-state index is 6.89. The van der Waals surface area contributed by atoms with Crippen LogP contribution in [0.2, 0.25) is 0 Å². The van der Waals surface area contributed by atoms with Gasteiger partial charge in [0.2, 0.25) is 0 Å². The molecule has 0 saturated carbocycles. The lowest BCUT2D eigenvalue weighted by atomic mass is 9.98. The summed E-state index contributed by atoms with van der Waals surface area (Å²) in [5.74, 6) is 1.94. The van der Waals surface area contributed by atoms with Crippen LogP contribution in [0.1, 0.15) is 0 Å². The van der Waals surface area contributed by atoms with Gasteiger partial charge in [0.25, 0.3) is 0 Å². The molecule has 0 saturated heterocycles. The average molecular weight is 747 g/mol. The van der Waals surface area contributed by atoms with Gasteiger partial charge in [-0.05, 0) is 30.3 Å². The summed E-state index contributed by atoms with van der Waals surface area (Å²) in [4.78, 5) is 15.2. The lowest BCUT2D eigenvalue weighted by molar-refractivity contribution is 0.670. The smallest absolute Gasteiger partial charge is 0.164 e. The van der Waals surface area contributed by atoms with Gasteiger partial charge in [-0.3, -0.25) is 0 Å². The van der Waals surface area contributed by atoms with Crippen LogP contribution < -0.4 is 0 Å². The Kier molecular flexibility index (Phi) is 7.03. The summed E-state index contributed by atoms with van der Waals surface area (Å²) in [6.45, 7) is 0. The van der Waals surface area contributed by atoms with Crippen molar-refractivity contribution < 1.29 is 4.42 Å². The number of nitrogens with zero attached hydrogens (tertiary/aromatic N) is 4. The van der Waals surface area contributed by atoms with Crippen LogP contribution in [-0.4, -0.2) is 19.5 Å². The van der Waals surface area contributed by atoms with Crippen LogP contribution in [0.5, 0.6) is 0 Å². The highest BCUT2D eigenvalue weighted by molar-refractivity contribution is 7.26. The molecular formula is C51H30N4OS. The van der Waals surface area contributed by atoms with E-state index in [4.69, 9.17) is 19.4 Å². The Morgan fingerprint density at radius 1 is 0.404 bits per heavy atom. The van der Waals surface area contributed by atoms with Gasteiger partial charge in [0.1, 0.15) is 11.2 Å². The van der Waals surface area contributed by atoms with Crippen molar-refractivity contribution in [2.45, 2.75) is 0 Å². The molecule has 0 atom stereocenters. The molecule has 0 radical (unpaired) electrons. The number of fused-ring (bicyclic) bond motifs is 9. The van der Waals surface area contributed by atoms with Crippen LogP contribution in [0.15, 0.2) is 186 Å². The van der Waals surface area contributed by atoms with Crippen molar-refractivity contribution in [3.63, 3.8) is 0 Å². The number of benzene rings is 8. The molecule has 0 N–H and O–H groups in total. The topological polar surface area (TPSA) is 56.7 Å². The molecule has 0 aliphatic rings. The number of hydrogen-bond donors (Lipinski definition) is 0. The summed E-state index contributed by atoms with van der Waals surface area (Å²) in [7, 11) is 0. The second-order valence-corrected chi connectivity index (χ2v) is 15.4. The third kappa shape index (κ3) is 4.91. The Labute approximate surface area is 330 Å². The summed E-state index contributed by atoms with van der Waals surface area (Å²) in [6.07, 6.45) is 0. The van der Waals surface area contributed by atoms with Gasteiger partial charge >= 0.3 is 0 Å². The standard InChI is InChI=1S/C51H30N4OS/c1-3-15-31(16-4-1)49-52-50(32-17-5-2-6-18-32)54-51(53-49)39-25-13-30-44-45(39)38-24-12-22-36(48(38)57-44)35-21-11-23-37-46-42(28-14-29-43(46)56-47(35)37)55-40-26-9-7-19-33(40)34-20-8-10-27-41(34)55/h1-30H. The normalized spacial score (nSPS) is 11.9. The van der Waals surface area contributed by atoms with Crippen LogP contribution in [0.3, 0.4) is 0 Å². The van der Waals surface area contributed by atoms with Gasteiger partial charge in [0, 0.05) is 64.1 Å². The predicted octanol–water partition coefficient (Wildman–Crippen LogP) is 13.9. The van der Waals surface area contributed by atoms with Gasteiger partial charge in [-0.2, -0.15) is 0 Å². The van der Waals surface area contributed by atoms with Crippen molar-refractivity contribution in [1.82, 2.24) is 19.5 Å². The zero-order chi connectivity index (χ0) is 37.5. The molecule has 4 heterocycles. The minimum absolute atomic E-state index is 0.647. The van der Waals surface area contributed by atoms with Gasteiger partial charge in [-0.1, -0.05) is 152 Å². The maximum absolute atomic E-state index is 6.89. The zero-order valence-corrected chi connectivity index (χ0v) is 31.2. The molecule has 57 heavy (non-hydrogen) atoms. The van der Waals surface area contributed by atoms with Gasteiger partial charge in [0.05, 0.1) is 22.1 Å². The Morgan fingerprint density at radius 3 is 1.65 bits per heavy atom. The predicted molar refractivity (Wildman–Crippen MR) is 236 cm³/mol. The fraction of sp³-hybridized carbons (Fsp3) is 0. The summed E-state index contributed by atoms with van der Waals surface area (Å²) in [5, 5.41) is 6.95. The van der Waals surface area contributed by atoms with E-state index in [-0.39, 0.29) is 0 Å². The average Bonchev–Trinajstić information content (AvgIpc) is 3.97. The van der Waals surface area contributed by atoms with Crippen molar-refractivity contribution in [1.29, 1.82) is 0 Å². The van der Waals surface area contributed by atoms with E-state index in [2.05, 4.69) is 126 Å². The lowest BCUT2D eigenvalue weighted by Crippen LogP contribution is -2.00. The van der Waals surface area contributed by atoms with Crippen LogP contribution in [0, 0.1) is 0 Å². The third-order valence-corrected chi connectivity index (χ3v) is 12.3. The van der Waals surface area contributed by atoms with E-state index in [1.54, 1.807) is 11.3 Å². The first-order chi connectivity index (χ1) is 28.3. The fourth-order valence-electron chi connectivity index (χ4n) is 8.58. The van der Waals surface area contributed by atoms with Crippen LogP contribution >= 0.6 is 11.3 Å². The molecule has 0 unspecified atom stereocenters. The summed E-state index contributed by atoms with van der Waals surface area (Å²) in [6, 6.07) is 63.6. The van der Waals surface area contributed by atoms with Crippen LogP contribution in [0.25, 0.3) is 115 Å². The summed E-state index contributed by atoms with van der Waals surface area (Å²) in [5.41, 5.74) is 10.3. The number of para-hydroxylation sites is 3. The quantitative estimate of drug-likeness (QED) is 0.176. The Balaban J connectivity index is 1.07. The first kappa shape index (κ1) is 31.9. The molecule has 8 aromatic carbocycles. The van der Waals surface area contributed by atoms with Gasteiger partial charge in [-0.15, -0.1) is 11.3 Å².